The van der Waals surface area contributed by atoms with Crippen molar-refractivity contribution >= 4 is 14.2 Å². The second kappa shape index (κ2) is 21.3. The molecular weight excluding hydrogens is 814 g/mol. The molecule has 3 aromatic carbocycles. The second-order valence-corrected chi connectivity index (χ2v) is 16.7. The summed E-state index contributed by atoms with van der Waals surface area (Å²) in [5.74, 6) is -0.859. The summed E-state index contributed by atoms with van der Waals surface area (Å²) in [4.78, 5) is 29.2. The van der Waals surface area contributed by atoms with Crippen molar-refractivity contribution in [2.75, 3.05) is 40.1 Å². The standard InChI is InChI=1S/C44H53F3N5O8P/c1-29(2)52(30(3)4)61(25-11-22-48)60-38-37(59-40(51-27-31(5)26-50-42(51)54)39(38)57-24-23-49-41(53)44(45,46)47)28-58-43(32-12-9-8-10-13-32,33-14-18-35(55-6)19-15-33)34-16-20-36(56-7)21-17-34/h8-10,12-21,26-27,29-30,37-40H,11,23-25,28H2,1-7H3,(H,49,53)/t37-,38-,39-,40-,61?/m1/s1. The van der Waals surface area contributed by atoms with Crippen molar-refractivity contribution in [3.8, 4) is 17.6 Å². The first-order valence-electron chi connectivity index (χ1n) is 19.9. The Morgan fingerprint density at radius 1 is 0.934 bits per heavy atom. The van der Waals surface area contributed by atoms with Gasteiger partial charge in [0.05, 0.1) is 33.5 Å². The van der Waals surface area contributed by atoms with Gasteiger partial charge >= 0.3 is 17.8 Å². The van der Waals surface area contributed by atoms with Crippen LogP contribution in [0.15, 0.2) is 96.1 Å². The minimum Gasteiger partial charge on any atom is -0.497 e. The first-order chi connectivity index (χ1) is 29.1. The van der Waals surface area contributed by atoms with Crippen LogP contribution in [0.25, 0.3) is 0 Å². The number of nitriles is 1. The molecule has 1 unspecified atom stereocenters. The number of hydrogen-bond donors (Lipinski definition) is 1. The molecule has 4 aromatic rings. The molecule has 1 aliphatic heterocycles. The molecule has 0 radical (unpaired) electrons. The Morgan fingerprint density at radius 3 is 2.03 bits per heavy atom. The summed E-state index contributed by atoms with van der Waals surface area (Å²) in [7, 11) is 1.60. The average molecular weight is 868 g/mol. The van der Waals surface area contributed by atoms with Gasteiger partial charge in [0, 0.05) is 43.6 Å². The summed E-state index contributed by atoms with van der Waals surface area (Å²) in [5.41, 5.74) is 0.923. The summed E-state index contributed by atoms with van der Waals surface area (Å²) in [6, 6.07) is 26.8. The molecule has 5 atom stereocenters. The van der Waals surface area contributed by atoms with E-state index in [9.17, 15) is 28.0 Å². The minimum absolute atomic E-state index is 0.0194. The van der Waals surface area contributed by atoms with Gasteiger partial charge in [-0.25, -0.2) is 9.78 Å². The van der Waals surface area contributed by atoms with Gasteiger partial charge < -0.3 is 33.5 Å². The van der Waals surface area contributed by atoms with E-state index in [1.54, 1.807) is 27.3 Å². The Bertz CT molecular complexity index is 2060. The van der Waals surface area contributed by atoms with Gasteiger partial charge in [0.1, 0.15) is 43.7 Å². The largest absolute Gasteiger partial charge is 0.497 e. The van der Waals surface area contributed by atoms with Crippen molar-refractivity contribution in [3.05, 3.63) is 124 Å². The highest BCUT2D eigenvalue weighted by molar-refractivity contribution is 7.50. The van der Waals surface area contributed by atoms with E-state index in [-0.39, 0.29) is 25.1 Å². The first kappa shape index (κ1) is 47.2. The lowest BCUT2D eigenvalue weighted by molar-refractivity contribution is -0.174. The molecule has 1 aromatic heterocycles. The zero-order valence-electron chi connectivity index (χ0n) is 35.3. The Balaban J connectivity index is 1.67. The van der Waals surface area contributed by atoms with Crippen molar-refractivity contribution in [3.63, 3.8) is 0 Å². The number of ether oxygens (including phenoxy) is 5. The van der Waals surface area contributed by atoms with Crippen molar-refractivity contribution in [2.24, 2.45) is 0 Å². The van der Waals surface area contributed by atoms with Gasteiger partial charge in [-0.05, 0) is 81.1 Å². The van der Waals surface area contributed by atoms with Crippen LogP contribution in [0.3, 0.4) is 0 Å². The molecule has 0 saturated carbocycles. The topological polar surface area (TPSA) is 146 Å². The predicted octanol–water partition coefficient (Wildman–Crippen LogP) is 7.27. The third-order valence-electron chi connectivity index (χ3n) is 10.1. The zero-order valence-corrected chi connectivity index (χ0v) is 36.2. The van der Waals surface area contributed by atoms with E-state index in [1.165, 1.54) is 10.8 Å². The number of nitrogens with zero attached hydrogens (tertiary/aromatic N) is 4. The minimum atomic E-state index is -5.10. The van der Waals surface area contributed by atoms with Crippen molar-refractivity contribution < 1.29 is 46.2 Å². The number of benzene rings is 3. The summed E-state index contributed by atoms with van der Waals surface area (Å²) in [6.07, 6.45) is -5.97. The molecule has 13 nitrogen and oxygen atoms in total. The molecule has 17 heteroatoms. The molecule has 1 fully saturated rings. The number of amides is 1. The Hall–Kier alpha value is -4.88. The van der Waals surface area contributed by atoms with Gasteiger partial charge in [0.2, 0.25) is 0 Å². The molecule has 1 amide bonds. The first-order valence-corrected chi connectivity index (χ1v) is 21.3. The van der Waals surface area contributed by atoms with E-state index >= 15 is 0 Å². The van der Waals surface area contributed by atoms with Gasteiger partial charge in [-0.1, -0.05) is 54.6 Å². The predicted molar refractivity (Wildman–Crippen MR) is 223 cm³/mol. The molecule has 0 aliphatic carbocycles. The zero-order chi connectivity index (χ0) is 44.3. The van der Waals surface area contributed by atoms with E-state index in [0.717, 1.165) is 16.7 Å². The summed E-state index contributed by atoms with van der Waals surface area (Å²) < 4.78 is 81.4. The van der Waals surface area contributed by atoms with Crippen molar-refractivity contribution in [2.45, 2.75) is 89.4 Å². The van der Waals surface area contributed by atoms with Crippen LogP contribution in [0, 0.1) is 18.3 Å². The van der Waals surface area contributed by atoms with Crippen LogP contribution in [-0.4, -0.2) is 96.8 Å². The molecule has 2 heterocycles. The van der Waals surface area contributed by atoms with Crippen LogP contribution >= 0.6 is 8.30 Å². The Labute approximate surface area is 355 Å². The molecule has 0 bridgehead atoms. The summed E-state index contributed by atoms with van der Waals surface area (Å²) >= 11 is 0. The number of aromatic nitrogens is 2. The fourth-order valence-electron chi connectivity index (χ4n) is 7.45. The van der Waals surface area contributed by atoms with Crippen molar-refractivity contribution in [1.29, 1.82) is 5.26 Å². The van der Waals surface area contributed by atoms with Gasteiger partial charge in [-0.3, -0.25) is 14.0 Å². The van der Waals surface area contributed by atoms with Crippen molar-refractivity contribution in [1.82, 2.24) is 19.5 Å². The number of carbonyl (C=O) groups is 1. The molecule has 5 rings (SSSR count). The van der Waals surface area contributed by atoms with E-state index < -0.39 is 69.4 Å². The monoisotopic (exact) mass is 867 g/mol. The second-order valence-electron chi connectivity index (χ2n) is 14.9. The van der Waals surface area contributed by atoms with Crippen LogP contribution in [0.4, 0.5) is 13.2 Å². The van der Waals surface area contributed by atoms with Gasteiger partial charge in [-0.2, -0.15) is 18.4 Å². The van der Waals surface area contributed by atoms with E-state index in [1.807, 2.05) is 112 Å². The molecule has 1 aliphatic rings. The lowest BCUT2D eigenvalue weighted by Crippen LogP contribution is -2.44. The molecule has 0 spiro atoms. The quantitative estimate of drug-likeness (QED) is 0.0544. The van der Waals surface area contributed by atoms with Gasteiger partial charge in [0.25, 0.3) is 0 Å². The average Bonchev–Trinajstić information content (AvgIpc) is 3.58. The van der Waals surface area contributed by atoms with Crippen LogP contribution < -0.4 is 20.5 Å². The molecule has 61 heavy (non-hydrogen) atoms. The van der Waals surface area contributed by atoms with Crippen LogP contribution in [-0.2, 0) is 29.1 Å². The van der Waals surface area contributed by atoms with Gasteiger partial charge in [-0.15, -0.1) is 0 Å². The van der Waals surface area contributed by atoms with Crippen LogP contribution in [0.2, 0.25) is 0 Å². The highest BCUT2D eigenvalue weighted by Crippen LogP contribution is 2.51. The maximum atomic E-state index is 13.5. The number of carbonyl (C=O) groups excluding carboxylic acids is 1. The molecule has 1 saturated heterocycles. The third-order valence-corrected chi connectivity index (χ3v) is 12.6. The van der Waals surface area contributed by atoms with E-state index in [0.29, 0.717) is 23.2 Å². The smallest absolute Gasteiger partial charge is 0.471 e. The van der Waals surface area contributed by atoms with Crippen LogP contribution in [0.1, 0.15) is 62.6 Å². The lowest BCUT2D eigenvalue weighted by Gasteiger charge is -2.40. The van der Waals surface area contributed by atoms with Gasteiger partial charge in [0.15, 0.2) is 6.23 Å². The summed E-state index contributed by atoms with van der Waals surface area (Å²) in [6.45, 7) is 8.76. The van der Waals surface area contributed by atoms with E-state index in [4.69, 9.17) is 28.2 Å². The normalized spacial score (nSPS) is 18.6. The Morgan fingerprint density at radius 2 is 1.51 bits per heavy atom. The molecular formula is C44H53F3N5O8P. The number of hydrogen-bond acceptors (Lipinski definition) is 11. The highest BCUT2D eigenvalue weighted by Gasteiger charge is 2.51. The highest BCUT2D eigenvalue weighted by atomic mass is 31.2. The van der Waals surface area contributed by atoms with E-state index in [2.05, 4.69) is 15.7 Å². The fraction of sp³-hybridized carbons (Fsp3) is 0.455. The SMILES string of the molecule is COc1ccc(C(OC[C@H]2O[C@@H](n3cc(C)cnc3=O)[C@H](OCCNC(=O)C(F)(F)F)[C@@H]2OP(CCC#N)N(C(C)C)C(C)C)(c2ccccc2)c2ccc(OC)cc2)cc1. The van der Waals surface area contributed by atoms with Crippen LogP contribution in [0.5, 0.6) is 11.5 Å². The molecule has 1 N–H and O–H groups in total. The maximum Gasteiger partial charge on any atom is 0.471 e. The molecule has 328 valence electrons. The summed E-state index contributed by atoms with van der Waals surface area (Å²) in [5, 5.41) is 11.6. The number of rotatable bonds is 20. The third kappa shape index (κ3) is 11.3. The number of methoxy groups -OCH3 is 2. The maximum absolute atomic E-state index is 13.5. The number of aryl methyl sites for hydroxylation is 1. The fourth-order valence-corrected chi connectivity index (χ4v) is 9.75. The Kier molecular flexibility index (Phi) is 16.4. The number of alkyl halides is 3. The number of halogens is 3. The lowest BCUT2D eigenvalue weighted by atomic mass is 9.80. The number of nitrogens with one attached hydrogen (secondary N) is 1.